The Labute approximate surface area is 122 Å². The van der Waals surface area contributed by atoms with Gasteiger partial charge in [0.05, 0.1) is 12.0 Å². The fourth-order valence-corrected chi connectivity index (χ4v) is 3.68. The Morgan fingerprint density at radius 1 is 1.25 bits per heavy atom. The molecule has 2 fully saturated rings. The zero-order valence-corrected chi connectivity index (χ0v) is 12.7. The molecule has 0 saturated carbocycles. The molecule has 0 aliphatic carbocycles. The van der Waals surface area contributed by atoms with E-state index in [-0.39, 0.29) is 0 Å². The molecule has 0 amide bonds. The first-order chi connectivity index (χ1) is 9.84. The Bertz CT molecular complexity index is 408. The number of hydrogen-bond acceptors (Lipinski definition) is 3. The highest BCUT2D eigenvalue weighted by molar-refractivity contribution is 5.07. The summed E-state index contributed by atoms with van der Waals surface area (Å²) in [5.74, 6) is 0. The van der Waals surface area contributed by atoms with Crippen LogP contribution in [0, 0.1) is 0 Å². The molecule has 3 rings (SSSR count). The van der Waals surface area contributed by atoms with Gasteiger partial charge in [-0.1, -0.05) is 6.42 Å². The van der Waals surface area contributed by atoms with Crippen LogP contribution >= 0.6 is 0 Å². The quantitative estimate of drug-likeness (QED) is 0.897. The second-order valence-corrected chi connectivity index (χ2v) is 6.40. The van der Waals surface area contributed by atoms with Gasteiger partial charge in [-0.05, 0) is 52.1 Å². The summed E-state index contributed by atoms with van der Waals surface area (Å²) in [5.41, 5.74) is 1.38. The van der Waals surface area contributed by atoms with Crippen LogP contribution in [0.15, 0.2) is 12.5 Å². The van der Waals surface area contributed by atoms with E-state index in [0.29, 0.717) is 6.04 Å². The maximum atomic E-state index is 4.36. The van der Waals surface area contributed by atoms with E-state index in [4.69, 9.17) is 0 Å². The van der Waals surface area contributed by atoms with Gasteiger partial charge < -0.3 is 14.8 Å². The third-order valence-corrected chi connectivity index (χ3v) is 4.95. The summed E-state index contributed by atoms with van der Waals surface area (Å²) in [5, 5.41) is 3.57. The summed E-state index contributed by atoms with van der Waals surface area (Å²) in [6.07, 6.45) is 12.0. The molecule has 2 aliphatic rings. The lowest BCUT2D eigenvalue weighted by Gasteiger charge is -2.33. The van der Waals surface area contributed by atoms with Gasteiger partial charge in [0.25, 0.3) is 0 Å². The van der Waals surface area contributed by atoms with Gasteiger partial charge >= 0.3 is 0 Å². The van der Waals surface area contributed by atoms with Crippen LogP contribution in [0.1, 0.15) is 57.2 Å². The number of aromatic nitrogens is 2. The van der Waals surface area contributed by atoms with Crippen LogP contribution in [0.3, 0.4) is 0 Å². The number of nitrogens with one attached hydrogen (secondary N) is 1. The van der Waals surface area contributed by atoms with E-state index < -0.39 is 0 Å². The van der Waals surface area contributed by atoms with Crippen LogP contribution in [0.25, 0.3) is 0 Å². The van der Waals surface area contributed by atoms with E-state index in [1.54, 1.807) is 0 Å². The minimum Gasteiger partial charge on any atom is -0.333 e. The molecule has 1 aromatic heterocycles. The van der Waals surface area contributed by atoms with Crippen molar-refractivity contribution in [2.45, 2.75) is 64.1 Å². The fourth-order valence-electron chi connectivity index (χ4n) is 3.68. The standard InChI is InChI=1S/C16H28N4/c1-14-6-2-3-9-19(14)10-5-11-20-13-17-12-16(20)15-7-4-8-18-15/h12-15,18H,2-11H2,1H3/t14?,15-/m0/s1. The van der Waals surface area contributed by atoms with Crippen molar-refractivity contribution in [2.24, 2.45) is 0 Å². The van der Waals surface area contributed by atoms with Crippen LogP contribution in [-0.4, -0.2) is 40.1 Å². The Hall–Kier alpha value is -0.870. The lowest BCUT2D eigenvalue weighted by atomic mass is 10.0. The van der Waals surface area contributed by atoms with E-state index in [1.807, 2.05) is 12.5 Å². The zero-order chi connectivity index (χ0) is 13.8. The highest BCUT2D eigenvalue weighted by Crippen LogP contribution is 2.23. The molecule has 2 atom stereocenters. The summed E-state index contributed by atoms with van der Waals surface area (Å²) >= 11 is 0. The van der Waals surface area contributed by atoms with E-state index in [0.717, 1.165) is 19.1 Å². The summed E-state index contributed by atoms with van der Waals surface area (Å²) < 4.78 is 2.36. The minimum absolute atomic E-state index is 0.534. The van der Waals surface area contributed by atoms with Crippen molar-refractivity contribution in [3.63, 3.8) is 0 Å². The highest BCUT2D eigenvalue weighted by Gasteiger charge is 2.20. The van der Waals surface area contributed by atoms with Gasteiger partial charge in [0.2, 0.25) is 0 Å². The molecular weight excluding hydrogens is 248 g/mol. The van der Waals surface area contributed by atoms with Crippen molar-refractivity contribution in [2.75, 3.05) is 19.6 Å². The van der Waals surface area contributed by atoms with Gasteiger partial charge in [-0.2, -0.15) is 0 Å². The molecule has 112 valence electrons. The number of rotatable bonds is 5. The first kappa shape index (κ1) is 14.1. The topological polar surface area (TPSA) is 33.1 Å². The molecule has 0 spiro atoms. The SMILES string of the molecule is CC1CCCCN1CCCn1cncc1[C@@H]1CCCN1. The number of likely N-dealkylation sites (tertiary alicyclic amines) is 1. The van der Waals surface area contributed by atoms with Crippen LogP contribution in [-0.2, 0) is 6.54 Å². The van der Waals surface area contributed by atoms with Crippen LogP contribution in [0.4, 0.5) is 0 Å². The first-order valence-electron chi connectivity index (χ1n) is 8.32. The second-order valence-electron chi connectivity index (χ2n) is 6.40. The van der Waals surface area contributed by atoms with E-state index in [2.05, 4.69) is 26.7 Å². The maximum Gasteiger partial charge on any atom is 0.0948 e. The molecule has 0 bridgehead atoms. The van der Waals surface area contributed by atoms with Crippen LogP contribution < -0.4 is 5.32 Å². The van der Waals surface area contributed by atoms with E-state index in [9.17, 15) is 0 Å². The molecule has 2 saturated heterocycles. The van der Waals surface area contributed by atoms with Gasteiger partial charge in [-0.3, -0.25) is 0 Å². The second kappa shape index (κ2) is 6.72. The molecule has 0 aromatic carbocycles. The van der Waals surface area contributed by atoms with Gasteiger partial charge in [0, 0.05) is 31.4 Å². The monoisotopic (exact) mass is 276 g/mol. The van der Waals surface area contributed by atoms with Gasteiger partial charge in [-0.15, -0.1) is 0 Å². The lowest BCUT2D eigenvalue weighted by molar-refractivity contribution is 0.156. The zero-order valence-electron chi connectivity index (χ0n) is 12.7. The normalized spacial score (nSPS) is 28.1. The lowest BCUT2D eigenvalue weighted by Crippen LogP contribution is -2.38. The molecule has 1 N–H and O–H groups in total. The average Bonchev–Trinajstić information content (AvgIpc) is 3.11. The molecule has 20 heavy (non-hydrogen) atoms. The third kappa shape index (κ3) is 3.23. The summed E-state index contributed by atoms with van der Waals surface area (Å²) in [4.78, 5) is 7.02. The first-order valence-corrected chi connectivity index (χ1v) is 8.32. The summed E-state index contributed by atoms with van der Waals surface area (Å²) in [6.45, 7) is 7.17. The Morgan fingerprint density at radius 2 is 2.20 bits per heavy atom. The van der Waals surface area contributed by atoms with Crippen molar-refractivity contribution < 1.29 is 0 Å². The molecule has 4 heteroatoms. The summed E-state index contributed by atoms with van der Waals surface area (Å²) in [7, 11) is 0. The van der Waals surface area contributed by atoms with Crippen molar-refractivity contribution in [1.29, 1.82) is 0 Å². The minimum atomic E-state index is 0.534. The van der Waals surface area contributed by atoms with Crippen molar-refractivity contribution in [3.8, 4) is 0 Å². The predicted octanol–water partition coefficient (Wildman–Crippen LogP) is 2.57. The van der Waals surface area contributed by atoms with Gasteiger partial charge in [-0.25, -0.2) is 4.98 Å². The summed E-state index contributed by atoms with van der Waals surface area (Å²) in [6, 6.07) is 1.31. The molecule has 0 radical (unpaired) electrons. The Balaban J connectivity index is 1.49. The molecule has 3 heterocycles. The fraction of sp³-hybridized carbons (Fsp3) is 0.812. The van der Waals surface area contributed by atoms with Gasteiger partial charge in [0.1, 0.15) is 0 Å². The van der Waals surface area contributed by atoms with Crippen molar-refractivity contribution >= 4 is 0 Å². The highest BCUT2D eigenvalue weighted by atomic mass is 15.2. The molecule has 2 aliphatic heterocycles. The molecular formula is C16H28N4. The third-order valence-electron chi connectivity index (χ3n) is 4.95. The number of aryl methyl sites for hydroxylation is 1. The van der Waals surface area contributed by atoms with Crippen LogP contribution in [0.2, 0.25) is 0 Å². The molecule has 1 aromatic rings. The molecule has 1 unspecified atom stereocenters. The van der Waals surface area contributed by atoms with Crippen molar-refractivity contribution in [3.05, 3.63) is 18.2 Å². The van der Waals surface area contributed by atoms with Gasteiger partial charge in [0.15, 0.2) is 0 Å². The predicted molar refractivity (Wildman–Crippen MR) is 81.7 cm³/mol. The Morgan fingerprint density at radius 3 is 3.00 bits per heavy atom. The Kier molecular flexibility index (Phi) is 4.73. The average molecular weight is 276 g/mol. The largest absolute Gasteiger partial charge is 0.333 e. The van der Waals surface area contributed by atoms with E-state index >= 15 is 0 Å². The van der Waals surface area contributed by atoms with E-state index in [1.165, 1.54) is 57.3 Å². The maximum absolute atomic E-state index is 4.36. The molecule has 4 nitrogen and oxygen atoms in total. The number of hydrogen-bond donors (Lipinski definition) is 1. The number of piperidine rings is 1. The van der Waals surface area contributed by atoms with Crippen LogP contribution in [0.5, 0.6) is 0 Å². The number of imidazole rings is 1. The van der Waals surface area contributed by atoms with Crippen molar-refractivity contribution in [1.82, 2.24) is 19.8 Å². The number of nitrogens with zero attached hydrogens (tertiary/aromatic N) is 3. The smallest absolute Gasteiger partial charge is 0.0948 e.